The highest BCUT2D eigenvalue weighted by Gasteiger charge is 2.33. The second kappa shape index (κ2) is 9.25. The molecule has 196 valence electrons. The zero-order valence-electron chi connectivity index (χ0n) is 21.3. The Labute approximate surface area is 219 Å². The second-order valence-electron chi connectivity index (χ2n) is 9.82. The highest BCUT2D eigenvalue weighted by Crippen LogP contribution is 2.41. The van der Waals surface area contributed by atoms with E-state index in [1.165, 1.54) is 12.1 Å². The van der Waals surface area contributed by atoms with Crippen molar-refractivity contribution in [2.75, 3.05) is 19.5 Å². The Kier molecular flexibility index (Phi) is 5.99. The van der Waals surface area contributed by atoms with Gasteiger partial charge in [-0.2, -0.15) is 0 Å². The van der Waals surface area contributed by atoms with E-state index < -0.39 is 15.9 Å². The first kappa shape index (κ1) is 24.6. The maximum atomic E-state index is 15.5. The molecule has 0 amide bonds. The van der Waals surface area contributed by atoms with Crippen LogP contribution in [0.15, 0.2) is 53.7 Å². The lowest BCUT2D eigenvalue weighted by Gasteiger charge is -2.33. The van der Waals surface area contributed by atoms with Crippen LogP contribution in [0.5, 0.6) is 0 Å². The molecule has 1 atom stereocenters. The Morgan fingerprint density at radius 2 is 1.89 bits per heavy atom. The number of benzene rings is 1. The van der Waals surface area contributed by atoms with Crippen molar-refractivity contribution in [3.05, 3.63) is 65.7 Å². The van der Waals surface area contributed by atoms with Crippen LogP contribution in [-0.4, -0.2) is 57.4 Å². The Balaban J connectivity index is 1.72. The van der Waals surface area contributed by atoms with E-state index in [0.717, 1.165) is 41.6 Å². The Morgan fingerprint density at radius 1 is 1.13 bits per heavy atom. The summed E-state index contributed by atoms with van der Waals surface area (Å²) in [4.78, 5) is 9.44. The van der Waals surface area contributed by atoms with E-state index in [0.29, 0.717) is 35.3 Å². The number of halogens is 1. The molecule has 0 spiro atoms. The van der Waals surface area contributed by atoms with Gasteiger partial charge in [-0.3, -0.25) is 4.98 Å². The zero-order chi connectivity index (χ0) is 26.6. The summed E-state index contributed by atoms with van der Waals surface area (Å²) in [5, 5.41) is 8.97. The lowest BCUT2D eigenvalue weighted by molar-refractivity contribution is 0.0547. The first-order valence-electron chi connectivity index (χ1n) is 12.4. The van der Waals surface area contributed by atoms with Gasteiger partial charge >= 0.3 is 0 Å². The van der Waals surface area contributed by atoms with Gasteiger partial charge in [0.05, 0.1) is 28.5 Å². The van der Waals surface area contributed by atoms with E-state index in [1.54, 1.807) is 29.1 Å². The smallest absolute Gasteiger partial charge is 0.192 e. The number of fused-ring (bicyclic) bond motifs is 3. The van der Waals surface area contributed by atoms with Crippen molar-refractivity contribution >= 4 is 31.9 Å². The lowest BCUT2D eigenvalue weighted by atomic mass is 9.86. The molecule has 0 saturated carbocycles. The number of aryl methyl sites for hydroxylation is 2. The van der Waals surface area contributed by atoms with Crippen LogP contribution in [0.25, 0.3) is 33.3 Å². The molecule has 4 aromatic heterocycles. The van der Waals surface area contributed by atoms with E-state index in [4.69, 9.17) is 9.72 Å². The van der Waals surface area contributed by atoms with E-state index in [-0.39, 0.29) is 16.8 Å². The summed E-state index contributed by atoms with van der Waals surface area (Å²) in [5.41, 5.74) is 4.74. The van der Waals surface area contributed by atoms with Crippen LogP contribution in [0, 0.1) is 18.7 Å². The number of sulfone groups is 1. The fourth-order valence-electron chi connectivity index (χ4n) is 5.58. The summed E-state index contributed by atoms with van der Waals surface area (Å²) >= 11 is 0. The van der Waals surface area contributed by atoms with Crippen LogP contribution in [0.1, 0.15) is 30.1 Å². The fraction of sp³-hybridized carbons (Fsp3) is 0.333. The third-order valence-corrected chi connectivity index (χ3v) is 8.31. The van der Waals surface area contributed by atoms with E-state index >= 15 is 4.39 Å². The molecule has 1 saturated heterocycles. The predicted octanol–water partition coefficient (Wildman–Crippen LogP) is 4.25. The van der Waals surface area contributed by atoms with Crippen molar-refractivity contribution in [3.63, 3.8) is 0 Å². The predicted molar refractivity (Wildman–Crippen MR) is 141 cm³/mol. The molecule has 38 heavy (non-hydrogen) atoms. The van der Waals surface area contributed by atoms with E-state index in [1.807, 2.05) is 30.7 Å². The summed E-state index contributed by atoms with van der Waals surface area (Å²) in [6.45, 7) is 3.02. The van der Waals surface area contributed by atoms with Crippen molar-refractivity contribution in [3.8, 4) is 11.3 Å². The summed E-state index contributed by atoms with van der Waals surface area (Å²) in [6, 6.07) is 11.5. The minimum absolute atomic E-state index is 0.0342. The molecular formula is C27H27FN6O3S. The molecule has 1 fully saturated rings. The molecule has 0 aliphatic carbocycles. The quantitative estimate of drug-likeness (QED) is 0.332. The molecule has 0 unspecified atom stereocenters. The molecule has 0 radical (unpaired) electrons. The van der Waals surface area contributed by atoms with Gasteiger partial charge in [-0.15, -0.1) is 5.10 Å². The van der Waals surface area contributed by atoms with Crippen LogP contribution >= 0.6 is 0 Å². The van der Waals surface area contributed by atoms with Gasteiger partial charge in [-0.05, 0) is 49.9 Å². The number of hydrogen-bond donors (Lipinski definition) is 0. The van der Waals surface area contributed by atoms with Crippen molar-refractivity contribution < 1.29 is 17.5 Å². The third-order valence-electron chi connectivity index (χ3n) is 7.32. The average molecular weight is 535 g/mol. The standard InChI is InChI=1S/C27H27FN6O3S/c1-16-25(33(2)32-31-16)18-14-22-24(29-15-18)20-8-9-23(38(3,35)36)30-27(20)34(22)26(17-10-12-37-13-11-17)19-6-4-5-7-21(19)28/h4-9,14-15,17,26H,10-13H2,1-3H3/t26-/m0/s1. The van der Waals surface area contributed by atoms with Gasteiger partial charge in [0.2, 0.25) is 0 Å². The maximum absolute atomic E-state index is 15.5. The lowest BCUT2D eigenvalue weighted by Crippen LogP contribution is -2.27. The topological polar surface area (TPSA) is 105 Å². The zero-order valence-corrected chi connectivity index (χ0v) is 22.1. The molecule has 5 heterocycles. The SMILES string of the molecule is Cc1nnn(C)c1-c1cnc2c3ccc(S(C)(=O)=O)nc3n([C@H](c3ccccc3F)C3CCOCC3)c2c1. The minimum Gasteiger partial charge on any atom is -0.381 e. The average Bonchev–Trinajstić information content (AvgIpc) is 3.41. The molecule has 1 aliphatic rings. The Morgan fingerprint density at radius 3 is 2.58 bits per heavy atom. The van der Waals surface area contributed by atoms with E-state index in [2.05, 4.69) is 15.3 Å². The first-order valence-corrected chi connectivity index (χ1v) is 14.3. The van der Waals surface area contributed by atoms with Crippen LogP contribution in [0.3, 0.4) is 0 Å². The van der Waals surface area contributed by atoms with Gasteiger partial charge in [-0.1, -0.05) is 23.4 Å². The first-order chi connectivity index (χ1) is 18.2. The van der Waals surface area contributed by atoms with Crippen molar-refractivity contribution in [2.24, 2.45) is 13.0 Å². The van der Waals surface area contributed by atoms with Crippen LogP contribution in [-0.2, 0) is 21.6 Å². The number of hydrogen-bond acceptors (Lipinski definition) is 7. The summed E-state index contributed by atoms with van der Waals surface area (Å²) < 4.78 is 49.8. The van der Waals surface area contributed by atoms with Crippen LogP contribution < -0.4 is 0 Å². The Bertz CT molecular complexity index is 1770. The number of aromatic nitrogens is 6. The molecule has 9 nitrogen and oxygen atoms in total. The Hall–Kier alpha value is -3.70. The molecule has 1 aromatic carbocycles. The van der Waals surface area contributed by atoms with Crippen LogP contribution in [0.4, 0.5) is 4.39 Å². The fourth-order valence-corrected chi connectivity index (χ4v) is 6.15. The number of rotatable bonds is 5. The third kappa shape index (κ3) is 4.06. The summed E-state index contributed by atoms with van der Waals surface area (Å²) in [7, 11) is -1.77. The number of ether oxygens (including phenoxy) is 1. The molecule has 1 aliphatic heterocycles. The molecule has 0 bridgehead atoms. The number of nitrogens with zero attached hydrogens (tertiary/aromatic N) is 6. The molecule has 11 heteroatoms. The van der Waals surface area contributed by atoms with Gasteiger partial charge in [-0.25, -0.2) is 22.5 Å². The minimum atomic E-state index is -3.59. The second-order valence-corrected chi connectivity index (χ2v) is 11.8. The highest BCUT2D eigenvalue weighted by molar-refractivity contribution is 7.90. The van der Waals surface area contributed by atoms with Crippen molar-refractivity contribution in [1.82, 2.24) is 29.5 Å². The largest absolute Gasteiger partial charge is 0.381 e. The highest BCUT2D eigenvalue weighted by atomic mass is 32.2. The van der Waals surface area contributed by atoms with E-state index in [9.17, 15) is 8.42 Å². The summed E-state index contributed by atoms with van der Waals surface area (Å²) in [6.07, 6.45) is 4.35. The number of pyridine rings is 2. The molecular weight excluding hydrogens is 507 g/mol. The monoisotopic (exact) mass is 534 g/mol. The molecule has 6 rings (SSSR count). The maximum Gasteiger partial charge on any atom is 0.192 e. The van der Waals surface area contributed by atoms with Crippen molar-refractivity contribution in [1.29, 1.82) is 0 Å². The van der Waals surface area contributed by atoms with Crippen molar-refractivity contribution in [2.45, 2.75) is 30.8 Å². The normalized spacial score (nSPS) is 15.9. The van der Waals surface area contributed by atoms with Gasteiger partial charge in [0, 0.05) is 49.2 Å². The molecule has 5 aromatic rings. The molecule has 0 N–H and O–H groups in total. The summed E-state index contributed by atoms with van der Waals surface area (Å²) in [5.74, 6) is -0.291. The van der Waals surface area contributed by atoms with Gasteiger partial charge < -0.3 is 9.30 Å². The van der Waals surface area contributed by atoms with Gasteiger partial charge in [0.15, 0.2) is 14.9 Å². The van der Waals surface area contributed by atoms with Crippen LogP contribution in [0.2, 0.25) is 0 Å². The van der Waals surface area contributed by atoms with Gasteiger partial charge in [0.1, 0.15) is 11.5 Å². The van der Waals surface area contributed by atoms with Gasteiger partial charge in [0.25, 0.3) is 0 Å².